The highest BCUT2D eigenvalue weighted by atomic mass is 19.1. The van der Waals surface area contributed by atoms with Gasteiger partial charge in [0.25, 0.3) is 0 Å². The Morgan fingerprint density at radius 2 is 2.19 bits per heavy atom. The van der Waals surface area contributed by atoms with Gasteiger partial charge in [-0.05, 0) is 19.3 Å². The Morgan fingerprint density at radius 3 is 2.95 bits per heavy atom. The summed E-state index contributed by atoms with van der Waals surface area (Å²) in [4.78, 5) is 10.0. The Hall–Kier alpha value is -1.53. The number of ether oxygens (including phenoxy) is 2. The standard InChI is InChI=1S/C15H22FN3O2/c1-2-3-5-14(12-19-6-4-8-20-9-7-19)21-15-17-10-13(16)11-18-15/h2,10-11,14H,1,3-9,12H2. The maximum atomic E-state index is 12.8. The van der Waals surface area contributed by atoms with Gasteiger partial charge in [0.15, 0.2) is 5.82 Å². The van der Waals surface area contributed by atoms with E-state index in [0.717, 1.165) is 64.5 Å². The first-order chi connectivity index (χ1) is 10.3. The smallest absolute Gasteiger partial charge is 0.316 e. The highest BCUT2D eigenvalue weighted by molar-refractivity contribution is 4.96. The molecular weight excluding hydrogens is 273 g/mol. The molecule has 0 amide bonds. The second-order valence-electron chi connectivity index (χ2n) is 5.06. The molecule has 1 fully saturated rings. The van der Waals surface area contributed by atoms with Gasteiger partial charge in [0, 0.05) is 26.2 Å². The summed E-state index contributed by atoms with van der Waals surface area (Å²) in [6, 6.07) is 0.219. The van der Waals surface area contributed by atoms with E-state index < -0.39 is 5.82 Å². The van der Waals surface area contributed by atoms with E-state index in [-0.39, 0.29) is 12.1 Å². The number of aromatic nitrogens is 2. The van der Waals surface area contributed by atoms with Gasteiger partial charge in [-0.25, -0.2) is 14.4 Å². The Kier molecular flexibility index (Phi) is 6.56. The zero-order valence-corrected chi connectivity index (χ0v) is 12.2. The summed E-state index contributed by atoms with van der Waals surface area (Å²) in [5, 5.41) is 0. The highest BCUT2D eigenvalue weighted by Crippen LogP contribution is 2.11. The second-order valence-corrected chi connectivity index (χ2v) is 5.06. The van der Waals surface area contributed by atoms with Crippen molar-refractivity contribution in [1.82, 2.24) is 14.9 Å². The maximum Gasteiger partial charge on any atom is 0.316 e. The van der Waals surface area contributed by atoms with E-state index in [1.807, 2.05) is 6.08 Å². The molecule has 1 aromatic rings. The largest absolute Gasteiger partial charge is 0.459 e. The molecular formula is C15H22FN3O2. The van der Waals surface area contributed by atoms with Gasteiger partial charge in [0.1, 0.15) is 6.10 Å². The average molecular weight is 295 g/mol. The van der Waals surface area contributed by atoms with Gasteiger partial charge in [-0.15, -0.1) is 6.58 Å². The minimum atomic E-state index is -0.463. The van der Waals surface area contributed by atoms with Crippen molar-refractivity contribution in [2.75, 3.05) is 32.8 Å². The lowest BCUT2D eigenvalue weighted by molar-refractivity contribution is 0.106. The van der Waals surface area contributed by atoms with Crippen molar-refractivity contribution in [3.8, 4) is 6.01 Å². The number of nitrogens with zero attached hydrogens (tertiary/aromatic N) is 3. The molecule has 2 rings (SSSR count). The van der Waals surface area contributed by atoms with E-state index in [4.69, 9.17) is 9.47 Å². The molecule has 1 aromatic heterocycles. The molecule has 1 unspecified atom stereocenters. The number of allylic oxidation sites excluding steroid dienone is 1. The summed E-state index contributed by atoms with van der Waals surface area (Å²) >= 11 is 0. The quantitative estimate of drug-likeness (QED) is 0.721. The fourth-order valence-electron chi connectivity index (χ4n) is 2.27. The molecule has 0 radical (unpaired) electrons. The Labute approximate surface area is 124 Å². The van der Waals surface area contributed by atoms with Crippen LogP contribution in [0.25, 0.3) is 0 Å². The lowest BCUT2D eigenvalue weighted by Crippen LogP contribution is -2.37. The minimum Gasteiger partial charge on any atom is -0.459 e. The van der Waals surface area contributed by atoms with Crippen LogP contribution >= 0.6 is 0 Å². The summed E-state index contributed by atoms with van der Waals surface area (Å²) in [6.07, 6.45) is 6.79. The summed E-state index contributed by atoms with van der Waals surface area (Å²) in [5.41, 5.74) is 0. The van der Waals surface area contributed by atoms with Gasteiger partial charge >= 0.3 is 6.01 Å². The minimum absolute atomic E-state index is 0.0356. The molecule has 0 aliphatic carbocycles. The molecule has 21 heavy (non-hydrogen) atoms. The number of hydrogen-bond donors (Lipinski definition) is 0. The van der Waals surface area contributed by atoms with E-state index in [9.17, 15) is 4.39 Å². The fraction of sp³-hybridized carbons (Fsp3) is 0.600. The zero-order valence-electron chi connectivity index (χ0n) is 12.2. The van der Waals surface area contributed by atoms with Gasteiger partial charge in [0.2, 0.25) is 0 Å². The molecule has 0 aromatic carbocycles. The lowest BCUT2D eigenvalue weighted by Gasteiger charge is -2.25. The molecule has 0 spiro atoms. The molecule has 1 atom stereocenters. The van der Waals surface area contributed by atoms with Crippen molar-refractivity contribution in [2.24, 2.45) is 0 Å². The molecule has 1 aliphatic heterocycles. The predicted molar refractivity (Wildman–Crippen MR) is 77.7 cm³/mol. The number of hydrogen-bond acceptors (Lipinski definition) is 5. The third-order valence-corrected chi connectivity index (χ3v) is 3.34. The van der Waals surface area contributed by atoms with Crippen LogP contribution in [-0.2, 0) is 4.74 Å². The van der Waals surface area contributed by atoms with Crippen LogP contribution in [-0.4, -0.2) is 53.8 Å². The van der Waals surface area contributed by atoms with E-state index >= 15 is 0 Å². The van der Waals surface area contributed by atoms with E-state index in [1.165, 1.54) is 0 Å². The van der Waals surface area contributed by atoms with Crippen molar-refractivity contribution < 1.29 is 13.9 Å². The molecule has 0 bridgehead atoms. The Bertz CT molecular complexity index is 419. The molecule has 1 saturated heterocycles. The van der Waals surface area contributed by atoms with Crippen LogP contribution in [0.1, 0.15) is 19.3 Å². The summed E-state index contributed by atoms with van der Waals surface area (Å²) < 4.78 is 24.1. The van der Waals surface area contributed by atoms with E-state index in [1.54, 1.807) is 0 Å². The summed E-state index contributed by atoms with van der Waals surface area (Å²) in [6.45, 7) is 8.00. The molecule has 5 nitrogen and oxygen atoms in total. The van der Waals surface area contributed by atoms with Crippen molar-refractivity contribution >= 4 is 0 Å². The van der Waals surface area contributed by atoms with Crippen LogP contribution in [0.5, 0.6) is 6.01 Å². The van der Waals surface area contributed by atoms with Crippen LogP contribution in [0.3, 0.4) is 0 Å². The van der Waals surface area contributed by atoms with Crippen LogP contribution in [0.2, 0.25) is 0 Å². The predicted octanol–water partition coefficient (Wildman–Crippen LogP) is 2.05. The third-order valence-electron chi connectivity index (χ3n) is 3.34. The fourth-order valence-corrected chi connectivity index (χ4v) is 2.27. The van der Waals surface area contributed by atoms with Gasteiger partial charge in [-0.1, -0.05) is 6.08 Å². The van der Waals surface area contributed by atoms with Crippen molar-refractivity contribution in [2.45, 2.75) is 25.4 Å². The Morgan fingerprint density at radius 1 is 1.38 bits per heavy atom. The van der Waals surface area contributed by atoms with Crippen molar-refractivity contribution in [3.63, 3.8) is 0 Å². The average Bonchev–Trinajstić information content (AvgIpc) is 2.76. The van der Waals surface area contributed by atoms with Crippen LogP contribution in [0.4, 0.5) is 4.39 Å². The first-order valence-corrected chi connectivity index (χ1v) is 7.33. The SMILES string of the molecule is C=CCCC(CN1CCCOCC1)Oc1ncc(F)cn1. The topological polar surface area (TPSA) is 47.5 Å². The molecule has 2 heterocycles. The molecule has 1 aliphatic rings. The van der Waals surface area contributed by atoms with Gasteiger partial charge in [-0.3, -0.25) is 4.90 Å². The molecule has 0 N–H and O–H groups in total. The monoisotopic (exact) mass is 295 g/mol. The molecule has 6 heteroatoms. The Balaban J connectivity index is 1.92. The first kappa shape index (κ1) is 15.9. The first-order valence-electron chi connectivity index (χ1n) is 7.33. The number of halogens is 1. The normalized spacial score (nSPS) is 18.0. The van der Waals surface area contributed by atoms with E-state index in [0.29, 0.717) is 0 Å². The molecule has 116 valence electrons. The van der Waals surface area contributed by atoms with Gasteiger partial charge < -0.3 is 9.47 Å². The lowest BCUT2D eigenvalue weighted by atomic mass is 10.2. The second kappa shape index (κ2) is 8.69. The summed E-state index contributed by atoms with van der Waals surface area (Å²) in [5.74, 6) is -0.463. The number of rotatable bonds is 7. The maximum absolute atomic E-state index is 12.8. The van der Waals surface area contributed by atoms with Crippen LogP contribution in [0.15, 0.2) is 25.0 Å². The van der Waals surface area contributed by atoms with Crippen LogP contribution in [0, 0.1) is 5.82 Å². The van der Waals surface area contributed by atoms with Crippen molar-refractivity contribution in [3.05, 3.63) is 30.9 Å². The van der Waals surface area contributed by atoms with Gasteiger partial charge in [-0.2, -0.15) is 0 Å². The van der Waals surface area contributed by atoms with Gasteiger partial charge in [0.05, 0.1) is 19.0 Å². The highest BCUT2D eigenvalue weighted by Gasteiger charge is 2.18. The summed E-state index contributed by atoms with van der Waals surface area (Å²) in [7, 11) is 0. The van der Waals surface area contributed by atoms with Crippen LogP contribution < -0.4 is 4.74 Å². The van der Waals surface area contributed by atoms with E-state index in [2.05, 4.69) is 21.4 Å². The zero-order chi connectivity index (χ0) is 14.9. The van der Waals surface area contributed by atoms with Crippen molar-refractivity contribution in [1.29, 1.82) is 0 Å². The third kappa shape index (κ3) is 5.77. The molecule has 0 saturated carbocycles.